The van der Waals surface area contributed by atoms with Crippen LogP contribution in [0.5, 0.6) is 11.5 Å². The number of benzene rings is 1. The van der Waals surface area contributed by atoms with Gasteiger partial charge < -0.3 is 14.9 Å². The molecule has 2 aliphatic rings. The molecule has 132 valence electrons. The number of aliphatic hydroxyl groups is 1. The van der Waals surface area contributed by atoms with Gasteiger partial charge in [-0.3, -0.25) is 0 Å². The van der Waals surface area contributed by atoms with Crippen LogP contribution in [0.15, 0.2) is 17.7 Å². The molecule has 0 bridgehead atoms. The summed E-state index contributed by atoms with van der Waals surface area (Å²) in [5.74, 6) is 1.33. The third-order valence-electron chi connectivity index (χ3n) is 5.56. The quantitative estimate of drug-likeness (QED) is 0.777. The average molecular weight is 330 g/mol. The Hall–Kier alpha value is -1.48. The van der Waals surface area contributed by atoms with E-state index in [0.29, 0.717) is 12.2 Å². The predicted molar refractivity (Wildman–Crippen MR) is 97.4 cm³/mol. The topological polar surface area (TPSA) is 49.7 Å². The maximum atomic E-state index is 10.7. The number of fused-ring (bicyclic) bond motifs is 2. The molecule has 2 N–H and O–H groups in total. The maximum Gasteiger partial charge on any atom is 0.132 e. The molecular formula is C21H30O3. The number of hydrogen-bond donors (Lipinski definition) is 2. The van der Waals surface area contributed by atoms with Gasteiger partial charge in [0.2, 0.25) is 0 Å². The smallest absolute Gasteiger partial charge is 0.132 e. The molecule has 1 heterocycles. The van der Waals surface area contributed by atoms with Crippen molar-refractivity contribution in [1.29, 1.82) is 0 Å². The van der Waals surface area contributed by atoms with Crippen LogP contribution >= 0.6 is 0 Å². The molecule has 0 saturated carbocycles. The Kier molecular flexibility index (Phi) is 4.65. The molecule has 1 aromatic rings. The SMILES string of the molecule is CCCCCc1cc(O)c2c(c1)OC(C)(C)C1=C2CC(C)C(O)C1. The Bertz CT molecular complexity index is 657. The van der Waals surface area contributed by atoms with Crippen molar-refractivity contribution in [3.63, 3.8) is 0 Å². The summed E-state index contributed by atoms with van der Waals surface area (Å²) >= 11 is 0. The van der Waals surface area contributed by atoms with E-state index in [2.05, 4.69) is 33.8 Å². The highest BCUT2D eigenvalue weighted by Gasteiger charge is 2.41. The van der Waals surface area contributed by atoms with E-state index >= 15 is 0 Å². The summed E-state index contributed by atoms with van der Waals surface area (Å²) in [6.45, 7) is 8.40. The van der Waals surface area contributed by atoms with Crippen LogP contribution in [-0.2, 0) is 6.42 Å². The Balaban J connectivity index is 2.02. The molecule has 0 aromatic heterocycles. The minimum atomic E-state index is -0.433. The minimum absolute atomic E-state index is 0.203. The van der Waals surface area contributed by atoms with Crippen LogP contribution in [0.4, 0.5) is 0 Å². The Morgan fingerprint density at radius 1 is 1.21 bits per heavy atom. The first-order valence-corrected chi connectivity index (χ1v) is 9.29. The highest BCUT2D eigenvalue weighted by molar-refractivity contribution is 5.81. The fraction of sp³-hybridized carbons (Fsp3) is 0.619. The third-order valence-corrected chi connectivity index (χ3v) is 5.56. The summed E-state index contributed by atoms with van der Waals surface area (Å²) in [4.78, 5) is 0. The van der Waals surface area contributed by atoms with Crippen LogP contribution in [0.1, 0.15) is 70.9 Å². The van der Waals surface area contributed by atoms with Crippen molar-refractivity contribution < 1.29 is 14.9 Å². The fourth-order valence-electron chi connectivity index (χ4n) is 4.08. The van der Waals surface area contributed by atoms with Crippen LogP contribution in [0.3, 0.4) is 0 Å². The van der Waals surface area contributed by atoms with Crippen LogP contribution < -0.4 is 4.74 Å². The number of aromatic hydroxyl groups is 1. The van der Waals surface area contributed by atoms with Crippen molar-refractivity contribution in [3.05, 3.63) is 28.8 Å². The summed E-state index contributed by atoms with van der Waals surface area (Å²) in [7, 11) is 0. The Morgan fingerprint density at radius 3 is 2.67 bits per heavy atom. The average Bonchev–Trinajstić information content (AvgIpc) is 2.49. The number of phenolic OH excluding ortho intramolecular Hbond substituents is 1. The molecule has 2 atom stereocenters. The van der Waals surface area contributed by atoms with E-state index in [1.165, 1.54) is 18.4 Å². The second-order valence-electron chi connectivity index (χ2n) is 7.97. The number of aliphatic hydroxyl groups excluding tert-OH is 1. The van der Waals surface area contributed by atoms with Gasteiger partial charge in [0.1, 0.15) is 17.1 Å². The first-order valence-electron chi connectivity index (χ1n) is 9.29. The number of ether oxygens (including phenoxy) is 1. The van der Waals surface area contributed by atoms with E-state index in [-0.39, 0.29) is 12.0 Å². The number of aryl methyl sites for hydroxylation is 1. The number of allylic oxidation sites excluding steroid dienone is 1. The molecule has 1 aliphatic carbocycles. The predicted octanol–water partition coefficient (Wildman–Crippen LogP) is 4.84. The van der Waals surface area contributed by atoms with Crippen LogP contribution in [0, 0.1) is 5.92 Å². The first-order chi connectivity index (χ1) is 11.3. The zero-order valence-corrected chi connectivity index (χ0v) is 15.4. The van der Waals surface area contributed by atoms with Crippen molar-refractivity contribution in [3.8, 4) is 11.5 Å². The molecule has 0 saturated heterocycles. The normalized spacial score (nSPS) is 25.0. The van der Waals surface area contributed by atoms with Gasteiger partial charge in [0.15, 0.2) is 0 Å². The van der Waals surface area contributed by atoms with Crippen LogP contribution in [0.25, 0.3) is 5.57 Å². The van der Waals surface area contributed by atoms with E-state index in [4.69, 9.17) is 4.74 Å². The molecule has 3 rings (SSSR count). The van der Waals surface area contributed by atoms with Crippen molar-refractivity contribution in [2.24, 2.45) is 5.92 Å². The lowest BCUT2D eigenvalue weighted by Crippen LogP contribution is -2.40. The number of unbranched alkanes of at least 4 members (excludes halogenated alkanes) is 2. The van der Waals surface area contributed by atoms with Gasteiger partial charge in [0.25, 0.3) is 0 Å². The highest BCUT2D eigenvalue weighted by atomic mass is 16.5. The van der Waals surface area contributed by atoms with Gasteiger partial charge in [-0.2, -0.15) is 0 Å². The molecule has 0 fully saturated rings. The van der Waals surface area contributed by atoms with Crippen LogP contribution in [0.2, 0.25) is 0 Å². The maximum absolute atomic E-state index is 10.7. The van der Waals surface area contributed by atoms with Crippen LogP contribution in [-0.4, -0.2) is 21.9 Å². The van der Waals surface area contributed by atoms with Gasteiger partial charge in [-0.05, 0) is 74.3 Å². The summed E-state index contributed by atoms with van der Waals surface area (Å²) < 4.78 is 6.27. The highest BCUT2D eigenvalue weighted by Crippen LogP contribution is 2.51. The third kappa shape index (κ3) is 3.06. The van der Waals surface area contributed by atoms with E-state index in [9.17, 15) is 10.2 Å². The largest absolute Gasteiger partial charge is 0.507 e. The van der Waals surface area contributed by atoms with E-state index < -0.39 is 5.60 Å². The monoisotopic (exact) mass is 330 g/mol. The molecule has 3 nitrogen and oxygen atoms in total. The van der Waals surface area contributed by atoms with Gasteiger partial charge in [0.05, 0.1) is 11.7 Å². The second-order valence-corrected chi connectivity index (χ2v) is 7.97. The molecule has 1 aliphatic heterocycles. The summed E-state index contributed by atoms with van der Waals surface area (Å²) in [5, 5.41) is 21.0. The van der Waals surface area contributed by atoms with E-state index in [0.717, 1.165) is 41.7 Å². The molecule has 3 heteroatoms. The van der Waals surface area contributed by atoms with Crippen molar-refractivity contribution in [1.82, 2.24) is 0 Å². The zero-order chi connectivity index (χ0) is 17.5. The van der Waals surface area contributed by atoms with E-state index in [1.807, 2.05) is 6.07 Å². The molecule has 24 heavy (non-hydrogen) atoms. The summed E-state index contributed by atoms with van der Waals surface area (Å²) in [5.41, 5.74) is 3.87. The van der Waals surface area contributed by atoms with Gasteiger partial charge in [-0.1, -0.05) is 26.7 Å². The summed E-state index contributed by atoms with van der Waals surface area (Å²) in [6.07, 6.45) is 5.59. The lowest BCUT2D eigenvalue weighted by Gasteiger charge is -2.42. The first kappa shape index (κ1) is 17.3. The molecule has 1 aromatic carbocycles. The second kappa shape index (κ2) is 6.44. The van der Waals surface area contributed by atoms with E-state index in [1.54, 1.807) is 0 Å². The lowest BCUT2D eigenvalue weighted by molar-refractivity contribution is 0.0804. The standard InChI is InChI=1S/C21H30O3/c1-5-6-7-8-14-10-18(23)20-15-9-13(2)17(22)12-16(15)21(3,4)24-19(20)11-14/h10-11,13,17,22-23H,5-9,12H2,1-4H3. The van der Waals surface area contributed by atoms with Crippen molar-refractivity contribution in [2.45, 2.75) is 77.9 Å². The Morgan fingerprint density at radius 2 is 1.96 bits per heavy atom. The lowest BCUT2D eigenvalue weighted by atomic mass is 9.73. The molecule has 2 unspecified atom stereocenters. The number of phenols is 1. The van der Waals surface area contributed by atoms with Gasteiger partial charge >= 0.3 is 0 Å². The fourth-order valence-corrected chi connectivity index (χ4v) is 4.08. The molecule has 0 spiro atoms. The number of rotatable bonds is 4. The Labute approximate surface area is 145 Å². The van der Waals surface area contributed by atoms with Gasteiger partial charge in [-0.15, -0.1) is 0 Å². The van der Waals surface area contributed by atoms with Crippen molar-refractivity contribution in [2.75, 3.05) is 0 Å². The van der Waals surface area contributed by atoms with Gasteiger partial charge in [0, 0.05) is 0 Å². The summed E-state index contributed by atoms with van der Waals surface area (Å²) in [6, 6.07) is 4.00. The number of hydrogen-bond acceptors (Lipinski definition) is 3. The van der Waals surface area contributed by atoms with Crippen molar-refractivity contribution >= 4 is 5.57 Å². The van der Waals surface area contributed by atoms with Gasteiger partial charge in [-0.25, -0.2) is 0 Å². The molecule has 0 radical (unpaired) electrons. The molecular weight excluding hydrogens is 300 g/mol. The molecule has 0 amide bonds. The minimum Gasteiger partial charge on any atom is -0.507 e. The zero-order valence-electron chi connectivity index (χ0n) is 15.4.